The molecule has 0 radical (unpaired) electrons. The van der Waals surface area contributed by atoms with E-state index in [1.807, 2.05) is 40.7 Å². The molecule has 0 atom stereocenters. The Bertz CT molecular complexity index is 950. The Hall–Kier alpha value is -3.35. The van der Waals surface area contributed by atoms with E-state index in [9.17, 15) is 4.79 Å². The summed E-state index contributed by atoms with van der Waals surface area (Å²) in [6.07, 6.45) is 3.15. The maximum Gasteiger partial charge on any atom is 0.189 e. The van der Waals surface area contributed by atoms with Gasteiger partial charge in [0, 0.05) is 17.7 Å². The molecule has 0 aliphatic rings. The van der Waals surface area contributed by atoms with Crippen molar-refractivity contribution in [2.24, 2.45) is 0 Å². The van der Waals surface area contributed by atoms with E-state index in [0.29, 0.717) is 78.7 Å². The summed E-state index contributed by atoms with van der Waals surface area (Å²) in [6, 6.07) is 6.99. The Morgan fingerprint density at radius 1 is 0.697 bits per heavy atom. The second kappa shape index (κ2) is 13.3. The third-order valence-corrected chi connectivity index (χ3v) is 4.48. The largest absolute Gasteiger partial charge is 0.494 e. The van der Waals surface area contributed by atoms with Gasteiger partial charge in [-0.3, -0.25) is 4.79 Å². The normalized spacial score (nSPS) is 10.7. The van der Waals surface area contributed by atoms with Gasteiger partial charge >= 0.3 is 0 Å². The molecule has 0 aliphatic carbocycles. The standard InChI is InChI=1S/C26H34O7/c1-7-29-19-14-18(25(32-10-4)23(16-19)28-6)12-13-22(27)21-15-20(30-8-2)17-24(31-9-3)26(21)33-11-5/h12-17H,7-11H2,1-6H3. The molecule has 0 spiro atoms. The number of hydrogen-bond acceptors (Lipinski definition) is 7. The molecule has 0 heterocycles. The van der Waals surface area contributed by atoms with Crippen molar-refractivity contribution >= 4 is 11.9 Å². The summed E-state index contributed by atoms with van der Waals surface area (Å²) < 4.78 is 34.0. The van der Waals surface area contributed by atoms with Crippen LogP contribution in [0.1, 0.15) is 50.5 Å². The van der Waals surface area contributed by atoms with Gasteiger partial charge in [-0.15, -0.1) is 0 Å². The predicted molar refractivity (Wildman–Crippen MR) is 129 cm³/mol. The van der Waals surface area contributed by atoms with E-state index in [0.717, 1.165) is 0 Å². The highest BCUT2D eigenvalue weighted by molar-refractivity contribution is 6.09. The second-order valence-electron chi connectivity index (χ2n) is 6.70. The number of ketones is 1. The number of methoxy groups -OCH3 is 1. The molecule has 7 heteroatoms. The molecule has 0 N–H and O–H groups in total. The fourth-order valence-corrected chi connectivity index (χ4v) is 3.24. The average molecular weight is 459 g/mol. The minimum atomic E-state index is -0.260. The zero-order valence-electron chi connectivity index (χ0n) is 20.4. The van der Waals surface area contributed by atoms with Crippen LogP contribution in [0.25, 0.3) is 6.08 Å². The molecular formula is C26H34O7. The van der Waals surface area contributed by atoms with E-state index < -0.39 is 0 Å². The first-order chi connectivity index (χ1) is 16.0. The number of allylic oxidation sites excluding steroid dienone is 1. The number of carbonyl (C=O) groups is 1. The smallest absolute Gasteiger partial charge is 0.189 e. The van der Waals surface area contributed by atoms with Crippen LogP contribution in [0, 0.1) is 0 Å². The number of ether oxygens (including phenoxy) is 6. The highest BCUT2D eigenvalue weighted by Crippen LogP contribution is 2.39. The van der Waals surface area contributed by atoms with Gasteiger partial charge in [0.05, 0.1) is 45.7 Å². The molecule has 0 aromatic heterocycles. The van der Waals surface area contributed by atoms with Crippen molar-refractivity contribution in [2.45, 2.75) is 34.6 Å². The molecule has 33 heavy (non-hydrogen) atoms. The van der Waals surface area contributed by atoms with Gasteiger partial charge in [-0.05, 0) is 58.9 Å². The maximum atomic E-state index is 13.3. The molecule has 0 unspecified atom stereocenters. The van der Waals surface area contributed by atoms with E-state index in [1.54, 1.807) is 31.4 Å². The third kappa shape index (κ3) is 6.81. The van der Waals surface area contributed by atoms with Crippen LogP contribution in [0.5, 0.6) is 34.5 Å². The Morgan fingerprint density at radius 2 is 1.24 bits per heavy atom. The molecule has 180 valence electrons. The van der Waals surface area contributed by atoms with E-state index in [1.165, 1.54) is 6.08 Å². The van der Waals surface area contributed by atoms with Crippen molar-refractivity contribution in [3.05, 3.63) is 41.5 Å². The van der Waals surface area contributed by atoms with Gasteiger partial charge in [-0.2, -0.15) is 0 Å². The highest BCUT2D eigenvalue weighted by atomic mass is 16.5. The summed E-state index contributed by atoms with van der Waals surface area (Å²) in [5.41, 5.74) is 1.02. The number of rotatable bonds is 14. The summed E-state index contributed by atoms with van der Waals surface area (Å²) in [5.74, 6) is 2.83. The van der Waals surface area contributed by atoms with Crippen LogP contribution in [0.4, 0.5) is 0 Å². The van der Waals surface area contributed by atoms with Crippen LogP contribution in [0.15, 0.2) is 30.3 Å². The summed E-state index contributed by atoms with van der Waals surface area (Å²) in [6.45, 7) is 11.6. The van der Waals surface area contributed by atoms with Crippen LogP contribution in [0.3, 0.4) is 0 Å². The van der Waals surface area contributed by atoms with Crippen LogP contribution < -0.4 is 28.4 Å². The number of hydrogen-bond donors (Lipinski definition) is 0. The monoisotopic (exact) mass is 458 g/mol. The second-order valence-corrected chi connectivity index (χ2v) is 6.70. The third-order valence-electron chi connectivity index (χ3n) is 4.48. The molecule has 2 aromatic carbocycles. The van der Waals surface area contributed by atoms with Crippen LogP contribution in [-0.2, 0) is 0 Å². The lowest BCUT2D eigenvalue weighted by Crippen LogP contribution is -2.06. The topological polar surface area (TPSA) is 72.5 Å². The molecular weight excluding hydrogens is 424 g/mol. The minimum absolute atomic E-state index is 0.260. The number of benzene rings is 2. The van der Waals surface area contributed by atoms with Crippen molar-refractivity contribution in [1.82, 2.24) is 0 Å². The first-order valence-corrected chi connectivity index (χ1v) is 11.3. The van der Waals surface area contributed by atoms with Gasteiger partial charge in [-0.25, -0.2) is 0 Å². The fraction of sp³-hybridized carbons (Fsp3) is 0.423. The molecule has 2 aromatic rings. The molecule has 0 fully saturated rings. The highest BCUT2D eigenvalue weighted by Gasteiger charge is 2.19. The Morgan fingerprint density at radius 3 is 1.82 bits per heavy atom. The fourth-order valence-electron chi connectivity index (χ4n) is 3.24. The Balaban J connectivity index is 2.54. The molecule has 0 bridgehead atoms. The Labute approximate surface area is 196 Å². The average Bonchev–Trinajstić information content (AvgIpc) is 2.80. The summed E-state index contributed by atoms with van der Waals surface area (Å²) >= 11 is 0. The van der Waals surface area contributed by atoms with Crippen LogP contribution in [-0.4, -0.2) is 45.9 Å². The first kappa shape index (κ1) is 25.9. The van der Waals surface area contributed by atoms with Crippen molar-refractivity contribution in [1.29, 1.82) is 0 Å². The van der Waals surface area contributed by atoms with Crippen molar-refractivity contribution in [3.63, 3.8) is 0 Å². The minimum Gasteiger partial charge on any atom is -0.494 e. The van der Waals surface area contributed by atoms with Crippen molar-refractivity contribution in [2.75, 3.05) is 40.1 Å². The molecule has 0 saturated carbocycles. The van der Waals surface area contributed by atoms with E-state index in [4.69, 9.17) is 28.4 Å². The summed E-state index contributed by atoms with van der Waals surface area (Å²) in [7, 11) is 1.56. The van der Waals surface area contributed by atoms with E-state index >= 15 is 0 Å². The SMILES string of the molecule is CCOc1cc(C=CC(=O)c2cc(OCC)cc(OCC)c2OCC)c(OCC)c(OC)c1. The lowest BCUT2D eigenvalue weighted by molar-refractivity contribution is 0.104. The van der Waals surface area contributed by atoms with Crippen LogP contribution >= 0.6 is 0 Å². The van der Waals surface area contributed by atoms with Crippen molar-refractivity contribution < 1.29 is 33.2 Å². The molecule has 2 rings (SSSR count). The van der Waals surface area contributed by atoms with Gasteiger partial charge in [0.1, 0.15) is 11.5 Å². The summed E-state index contributed by atoms with van der Waals surface area (Å²) in [5, 5.41) is 0. The lowest BCUT2D eigenvalue weighted by atomic mass is 10.1. The molecule has 0 aliphatic heterocycles. The molecule has 7 nitrogen and oxygen atoms in total. The number of carbonyl (C=O) groups excluding carboxylic acids is 1. The van der Waals surface area contributed by atoms with Gasteiger partial charge < -0.3 is 28.4 Å². The van der Waals surface area contributed by atoms with Gasteiger partial charge in [0.25, 0.3) is 0 Å². The first-order valence-electron chi connectivity index (χ1n) is 11.3. The molecule has 0 saturated heterocycles. The van der Waals surface area contributed by atoms with Gasteiger partial charge in [0.15, 0.2) is 28.8 Å². The zero-order valence-corrected chi connectivity index (χ0v) is 20.4. The van der Waals surface area contributed by atoms with Gasteiger partial charge in [0.2, 0.25) is 0 Å². The van der Waals surface area contributed by atoms with Gasteiger partial charge in [-0.1, -0.05) is 0 Å². The quantitative estimate of drug-likeness (QED) is 0.270. The molecule has 0 amide bonds. The Kier molecular flexibility index (Phi) is 10.4. The van der Waals surface area contributed by atoms with Crippen molar-refractivity contribution in [3.8, 4) is 34.5 Å². The van der Waals surface area contributed by atoms with E-state index in [2.05, 4.69) is 0 Å². The predicted octanol–water partition coefficient (Wildman–Crippen LogP) is 5.58. The van der Waals surface area contributed by atoms with E-state index in [-0.39, 0.29) is 5.78 Å². The lowest BCUT2D eigenvalue weighted by Gasteiger charge is -2.16. The van der Waals surface area contributed by atoms with Crippen LogP contribution in [0.2, 0.25) is 0 Å². The zero-order chi connectivity index (χ0) is 24.2. The summed E-state index contributed by atoms with van der Waals surface area (Å²) in [4.78, 5) is 13.3. The maximum absolute atomic E-state index is 13.3.